The lowest BCUT2D eigenvalue weighted by Crippen LogP contribution is -2.29. The largest absolute Gasteiger partial charge is 0.448 e. The molecular weight excluding hydrogens is 204 g/mol. The lowest BCUT2D eigenvalue weighted by Gasteiger charge is -2.20. The van der Waals surface area contributed by atoms with Crippen molar-refractivity contribution in [3.05, 3.63) is 17.8 Å². The molecule has 0 aromatic carbocycles. The van der Waals surface area contributed by atoms with Gasteiger partial charge in [0, 0.05) is 25.0 Å². The van der Waals surface area contributed by atoms with E-state index in [1.165, 1.54) is 19.2 Å². The van der Waals surface area contributed by atoms with Crippen LogP contribution < -0.4 is 0 Å². The summed E-state index contributed by atoms with van der Waals surface area (Å²) < 4.78 is 5.40. The molecule has 4 heteroatoms. The standard InChI is InChI=1S/C12H20N2O2/c1-9(2)12-11(13-8-16-12)7-14(5-6-15)10-3-4-10/h8-10,15H,3-7H2,1-2H3. The summed E-state index contributed by atoms with van der Waals surface area (Å²) in [6.07, 6.45) is 4.01. The van der Waals surface area contributed by atoms with Crippen molar-refractivity contribution in [2.75, 3.05) is 13.2 Å². The van der Waals surface area contributed by atoms with E-state index in [9.17, 15) is 0 Å². The van der Waals surface area contributed by atoms with Gasteiger partial charge in [0.15, 0.2) is 6.39 Å². The molecule has 0 atom stereocenters. The first kappa shape index (κ1) is 11.6. The highest BCUT2D eigenvalue weighted by Gasteiger charge is 2.29. The second kappa shape index (κ2) is 4.97. The molecular formula is C12H20N2O2. The molecule has 0 saturated heterocycles. The Morgan fingerprint density at radius 3 is 2.88 bits per heavy atom. The van der Waals surface area contributed by atoms with E-state index in [1.807, 2.05) is 0 Å². The summed E-state index contributed by atoms with van der Waals surface area (Å²) in [7, 11) is 0. The predicted molar refractivity (Wildman–Crippen MR) is 61.1 cm³/mol. The Hall–Kier alpha value is -0.870. The molecule has 0 amide bonds. The monoisotopic (exact) mass is 224 g/mol. The third-order valence-electron chi connectivity index (χ3n) is 3.00. The summed E-state index contributed by atoms with van der Waals surface area (Å²) in [6.45, 7) is 5.96. The fourth-order valence-electron chi connectivity index (χ4n) is 2.02. The molecule has 1 aromatic rings. The molecule has 0 unspecified atom stereocenters. The molecule has 16 heavy (non-hydrogen) atoms. The number of aliphatic hydroxyl groups is 1. The Balaban J connectivity index is 2.02. The minimum Gasteiger partial charge on any atom is -0.448 e. The van der Waals surface area contributed by atoms with Crippen LogP contribution in [0.15, 0.2) is 10.8 Å². The average Bonchev–Trinajstić information content (AvgIpc) is 2.98. The third kappa shape index (κ3) is 2.62. The lowest BCUT2D eigenvalue weighted by molar-refractivity contribution is 0.181. The summed E-state index contributed by atoms with van der Waals surface area (Å²) in [5.74, 6) is 1.34. The fourth-order valence-corrected chi connectivity index (χ4v) is 2.02. The molecule has 1 aliphatic rings. The Morgan fingerprint density at radius 2 is 2.31 bits per heavy atom. The maximum absolute atomic E-state index is 9.03. The van der Waals surface area contributed by atoms with Crippen LogP contribution in [0.4, 0.5) is 0 Å². The van der Waals surface area contributed by atoms with Crippen LogP contribution in [-0.2, 0) is 6.54 Å². The molecule has 1 saturated carbocycles. The average molecular weight is 224 g/mol. The van der Waals surface area contributed by atoms with Gasteiger partial charge >= 0.3 is 0 Å². The SMILES string of the molecule is CC(C)c1ocnc1CN(CCO)C1CC1. The molecule has 1 aliphatic carbocycles. The topological polar surface area (TPSA) is 49.5 Å². The molecule has 90 valence electrons. The van der Waals surface area contributed by atoms with Gasteiger partial charge in [-0.3, -0.25) is 4.90 Å². The van der Waals surface area contributed by atoms with Gasteiger partial charge in [-0.05, 0) is 12.8 Å². The van der Waals surface area contributed by atoms with Gasteiger partial charge in [0.1, 0.15) is 5.76 Å². The van der Waals surface area contributed by atoms with Crippen LogP contribution >= 0.6 is 0 Å². The highest BCUT2D eigenvalue weighted by molar-refractivity contribution is 5.11. The van der Waals surface area contributed by atoms with E-state index < -0.39 is 0 Å². The summed E-state index contributed by atoms with van der Waals surface area (Å²) >= 11 is 0. The molecule has 1 aromatic heterocycles. The zero-order valence-electron chi connectivity index (χ0n) is 10.0. The van der Waals surface area contributed by atoms with E-state index in [-0.39, 0.29) is 6.61 Å². The Kier molecular flexibility index (Phi) is 3.61. The molecule has 0 bridgehead atoms. The molecule has 1 N–H and O–H groups in total. The van der Waals surface area contributed by atoms with Crippen LogP contribution in [0, 0.1) is 0 Å². The van der Waals surface area contributed by atoms with Gasteiger partial charge < -0.3 is 9.52 Å². The maximum Gasteiger partial charge on any atom is 0.181 e. The van der Waals surface area contributed by atoms with Gasteiger partial charge in [0.2, 0.25) is 0 Å². The first-order valence-corrected chi connectivity index (χ1v) is 5.99. The van der Waals surface area contributed by atoms with Crippen molar-refractivity contribution in [1.29, 1.82) is 0 Å². The van der Waals surface area contributed by atoms with Crippen LogP contribution in [0.2, 0.25) is 0 Å². The number of aliphatic hydroxyl groups excluding tert-OH is 1. The fraction of sp³-hybridized carbons (Fsp3) is 0.750. The number of oxazole rings is 1. The molecule has 1 fully saturated rings. The minimum atomic E-state index is 0.214. The molecule has 0 radical (unpaired) electrons. The third-order valence-corrected chi connectivity index (χ3v) is 3.00. The van der Waals surface area contributed by atoms with Crippen LogP contribution in [0.25, 0.3) is 0 Å². The van der Waals surface area contributed by atoms with E-state index >= 15 is 0 Å². The second-order valence-electron chi connectivity index (χ2n) is 4.74. The van der Waals surface area contributed by atoms with Gasteiger partial charge in [0.25, 0.3) is 0 Å². The van der Waals surface area contributed by atoms with Crippen molar-refractivity contribution in [1.82, 2.24) is 9.88 Å². The molecule has 2 rings (SSSR count). The Morgan fingerprint density at radius 1 is 1.56 bits per heavy atom. The van der Waals surface area contributed by atoms with Gasteiger partial charge in [-0.25, -0.2) is 4.98 Å². The van der Waals surface area contributed by atoms with E-state index in [0.717, 1.165) is 24.5 Å². The van der Waals surface area contributed by atoms with Crippen LogP contribution in [0.3, 0.4) is 0 Å². The minimum absolute atomic E-state index is 0.214. The van der Waals surface area contributed by atoms with Crippen LogP contribution in [0.1, 0.15) is 44.1 Å². The highest BCUT2D eigenvalue weighted by Crippen LogP contribution is 2.29. The summed E-state index contributed by atoms with van der Waals surface area (Å²) in [5, 5.41) is 9.03. The number of nitrogens with zero attached hydrogens (tertiary/aromatic N) is 2. The van der Waals surface area contributed by atoms with Crippen molar-refractivity contribution in [2.45, 2.75) is 45.2 Å². The van der Waals surface area contributed by atoms with Gasteiger partial charge in [-0.1, -0.05) is 13.8 Å². The van der Waals surface area contributed by atoms with Gasteiger partial charge in [0.05, 0.1) is 12.3 Å². The Bertz CT molecular complexity index is 332. The summed E-state index contributed by atoms with van der Waals surface area (Å²) in [6, 6.07) is 0.642. The van der Waals surface area contributed by atoms with E-state index in [4.69, 9.17) is 9.52 Å². The van der Waals surface area contributed by atoms with Crippen molar-refractivity contribution in [2.24, 2.45) is 0 Å². The van der Waals surface area contributed by atoms with E-state index in [2.05, 4.69) is 23.7 Å². The first-order valence-electron chi connectivity index (χ1n) is 5.99. The number of aromatic nitrogens is 1. The quantitative estimate of drug-likeness (QED) is 0.800. The van der Waals surface area contributed by atoms with Crippen LogP contribution in [0.5, 0.6) is 0 Å². The maximum atomic E-state index is 9.03. The first-order chi connectivity index (χ1) is 7.72. The van der Waals surface area contributed by atoms with E-state index in [1.54, 1.807) is 0 Å². The van der Waals surface area contributed by atoms with Crippen molar-refractivity contribution < 1.29 is 9.52 Å². The second-order valence-corrected chi connectivity index (χ2v) is 4.74. The lowest BCUT2D eigenvalue weighted by atomic mass is 10.1. The zero-order valence-corrected chi connectivity index (χ0v) is 10.0. The van der Waals surface area contributed by atoms with Crippen LogP contribution in [-0.4, -0.2) is 34.2 Å². The summed E-state index contributed by atoms with van der Waals surface area (Å²) in [5.41, 5.74) is 1.02. The summed E-state index contributed by atoms with van der Waals surface area (Å²) in [4.78, 5) is 6.58. The molecule has 4 nitrogen and oxygen atoms in total. The van der Waals surface area contributed by atoms with Gasteiger partial charge in [-0.2, -0.15) is 0 Å². The van der Waals surface area contributed by atoms with Crippen molar-refractivity contribution in [3.63, 3.8) is 0 Å². The smallest absolute Gasteiger partial charge is 0.181 e. The Labute approximate surface area is 96.3 Å². The normalized spacial score (nSPS) is 16.3. The zero-order chi connectivity index (χ0) is 11.5. The predicted octanol–water partition coefficient (Wildman–Crippen LogP) is 1.75. The number of hydrogen-bond donors (Lipinski definition) is 1. The molecule has 0 aliphatic heterocycles. The van der Waals surface area contributed by atoms with Crippen molar-refractivity contribution >= 4 is 0 Å². The van der Waals surface area contributed by atoms with Gasteiger partial charge in [-0.15, -0.1) is 0 Å². The highest BCUT2D eigenvalue weighted by atomic mass is 16.3. The van der Waals surface area contributed by atoms with E-state index in [0.29, 0.717) is 12.0 Å². The molecule has 1 heterocycles. The molecule has 0 spiro atoms. The number of rotatable bonds is 6. The van der Waals surface area contributed by atoms with Crippen molar-refractivity contribution in [3.8, 4) is 0 Å². The number of hydrogen-bond acceptors (Lipinski definition) is 4.